The Kier molecular flexibility index (Phi) is 6.15. The van der Waals surface area contributed by atoms with Gasteiger partial charge in [0, 0.05) is 12.3 Å². The number of carbonyl (C=O) groups excluding carboxylic acids is 1. The Labute approximate surface area is 89.8 Å². The summed E-state index contributed by atoms with van der Waals surface area (Å²) in [7, 11) is 1.73. The summed E-state index contributed by atoms with van der Waals surface area (Å²) in [5.41, 5.74) is -0.831. The first-order valence-electron chi connectivity index (χ1n) is 4.59. The Bertz CT molecular complexity index is 186. The largest absolute Gasteiger partial charge is 0.387 e. The fourth-order valence-corrected chi connectivity index (χ4v) is 1.65. The number of aliphatic hydroxyl groups is 1. The quantitative estimate of drug-likeness (QED) is 0.581. The van der Waals surface area contributed by atoms with E-state index in [1.54, 1.807) is 32.7 Å². The van der Waals surface area contributed by atoms with Crippen molar-refractivity contribution in [3.05, 3.63) is 0 Å². The highest BCUT2D eigenvalue weighted by atomic mass is 32.2. The lowest BCUT2D eigenvalue weighted by atomic mass is 10.1. The van der Waals surface area contributed by atoms with Crippen LogP contribution in [0, 0.1) is 0 Å². The molecule has 14 heavy (non-hydrogen) atoms. The number of carbonyl (C=O) groups is 1. The van der Waals surface area contributed by atoms with Crippen LogP contribution in [0.4, 0.5) is 0 Å². The number of hydrogen-bond donors (Lipinski definition) is 3. The minimum absolute atomic E-state index is 0.0890. The van der Waals surface area contributed by atoms with Gasteiger partial charge in [-0.1, -0.05) is 0 Å². The van der Waals surface area contributed by atoms with Gasteiger partial charge in [-0.25, -0.2) is 0 Å². The van der Waals surface area contributed by atoms with Crippen molar-refractivity contribution in [1.29, 1.82) is 0 Å². The number of likely N-dealkylation sites (N-methyl/N-ethyl adjacent to an activating group) is 1. The molecule has 1 amide bonds. The molecule has 2 atom stereocenters. The smallest absolute Gasteiger partial charge is 0.236 e. The van der Waals surface area contributed by atoms with E-state index < -0.39 is 5.60 Å². The van der Waals surface area contributed by atoms with Crippen molar-refractivity contribution in [2.24, 2.45) is 0 Å². The molecule has 0 bridgehead atoms. The van der Waals surface area contributed by atoms with E-state index in [1.165, 1.54) is 0 Å². The predicted molar refractivity (Wildman–Crippen MR) is 60.5 cm³/mol. The average Bonchev–Trinajstić information content (AvgIpc) is 2.13. The minimum Gasteiger partial charge on any atom is -0.387 e. The lowest BCUT2D eigenvalue weighted by molar-refractivity contribution is -0.123. The van der Waals surface area contributed by atoms with Crippen molar-refractivity contribution in [2.45, 2.75) is 25.5 Å². The van der Waals surface area contributed by atoms with Gasteiger partial charge in [0.25, 0.3) is 0 Å². The maximum absolute atomic E-state index is 11.3. The third-order valence-corrected chi connectivity index (χ3v) is 2.84. The fourth-order valence-electron chi connectivity index (χ4n) is 0.924. The molecule has 0 saturated heterocycles. The Morgan fingerprint density at radius 2 is 2.21 bits per heavy atom. The molecule has 0 saturated carbocycles. The Morgan fingerprint density at radius 1 is 1.64 bits per heavy atom. The summed E-state index contributed by atoms with van der Waals surface area (Å²) < 4.78 is 0. The van der Waals surface area contributed by atoms with Crippen LogP contribution in [0.25, 0.3) is 0 Å². The van der Waals surface area contributed by atoms with Gasteiger partial charge in [0.2, 0.25) is 5.91 Å². The summed E-state index contributed by atoms with van der Waals surface area (Å²) in [6, 6.07) is -0.222. The van der Waals surface area contributed by atoms with Crippen LogP contribution in [0.2, 0.25) is 0 Å². The van der Waals surface area contributed by atoms with E-state index in [-0.39, 0.29) is 11.9 Å². The molecule has 0 heterocycles. The van der Waals surface area contributed by atoms with Crippen molar-refractivity contribution < 1.29 is 9.90 Å². The van der Waals surface area contributed by atoms with Crippen LogP contribution in [0.5, 0.6) is 0 Å². The third-order valence-electron chi connectivity index (χ3n) is 1.93. The molecule has 4 nitrogen and oxygen atoms in total. The van der Waals surface area contributed by atoms with Gasteiger partial charge in [-0.15, -0.1) is 0 Å². The van der Waals surface area contributed by atoms with E-state index in [0.29, 0.717) is 12.3 Å². The number of rotatable bonds is 6. The van der Waals surface area contributed by atoms with Crippen LogP contribution in [0.1, 0.15) is 13.8 Å². The van der Waals surface area contributed by atoms with E-state index in [4.69, 9.17) is 0 Å². The second-order valence-corrected chi connectivity index (χ2v) is 4.52. The first-order valence-corrected chi connectivity index (χ1v) is 5.98. The van der Waals surface area contributed by atoms with E-state index >= 15 is 0 Å². The predicted octanol–water partition coefficient (Wildman–Crippen LogP) is -0.175. The van der Waals surface area contributed by atoms with Crippen LogP contribution in [0.15, 0.2) is 0 Å². The summed E-state index contributed by atoms with van der Waals surface area (Å²) in [6.45, 7) is 3.78. The van der Waals surface area contributed by atoms with Gasteiger partial charge < -0.3 is 15.7 Å². The Morgan fingerprint density at radius 3 is 2.64 bits per heavy atom. The van der Waals surface area contributed by atoms with Crippen molar-refractivity contribution >= 4 is 17.7 Å². The van der Waals surface area contributed by atoms with Crippen LogP contribution in [-0.4, -0.2) is 48.3 Å². The van der Waals surface area contributed by atoms with E-state index in [9.17, 15) is 9.90 Å². The molecule has 0 radical (unpaired) electrons. The van der Waals surface area contributed by atoms with Gasteiger partial charge in [0.05, 0.1) is 11.6 Å². The molecule has 0 rings (SSSR count). The highest BCUT2D eigenvalue weighted by Crippen LogP contribution is 2.08. The summed E-state index contributed by atoms with van der Waals surface area (Å²) in [6.07, 6.45) is 1.92. The lowest BCUT2D eigenvalue weighted by Crippen LogP contribution is -2.47. The average molecular weight is 220 g/mol. The van der Waals surface area contributed by atoms with Crippen molar-refractivity contribution in [2.75, 3.05) is 25.6 Å². The summed E-state index contributed by atoms with van der Waals surface area (Å²) in [4.78, 5) is 11.3. The second-order valence-electron chi connectivity index (χ2n) is 3.66. The van der Waals surface area contributed by atoms with Gasteiger partial charge in [0.1, 0.15) is 0 Å². The molecule has 3 N–H and O–H groups in total. The highest BCUT2D eigenvalue weighted by molar-refractivity contribution is 7.98. The molecule has 0 aliphatic carbocycles. The first kappa shape index (κ1) is 13.7. The molecule has 0 aromatic rings. The van der Waals surface area contributed by atoms with Crippen molar-refractivity contribution in [1.82, 2.24) is 10.6 Å². The van der Waals surface area contributed by atoms with E-state index in [1.807, 2.05) is 6.26 Å². The second kappa shape index (κ2) is 6.27. The summed E-state index contributed by atoms with van der Waals surface area (Å²) in [5, 5.41) is 15.3. The maximum Gasteiger partial charge on any atom is 0.236 e. The maximum atomic E-state index is 11.3. The third kappa shape index (κ3) is 5.47. The number of amides is 1. The number of thioether (sulfide) groups is 1. The SMILES string of the molecule is CNC(C)C(=O)NCC(C)(O)CSC. The van der Waals surface area contributed by atoms with Crippen LogP contribution in [0.3, 0.4) is 0 Å². The van der Waals surface area contributed by atoms with Crippen LogP contribution in [-0.2, 0) is 4.79 Å². The van der Waals surface area contributed by atoms with Crippen LogP contribution >= 0.6 is 11.8 Å². The van der Waals surface area contributed by atoms with Crippen LogP contribution < -0.4 is 10.6 Å². The van der Waals surface area contributed by atoms with Gasteiger partial charge in [0.15, 0.2) is 0 Å². The summed E-state index contributed by atoms with van der Waals surface area (Å²) in [5.74, 6) is 0.523. The van der Waals surface area contributed by atoms with Gasteiger partial charge in [-0.3, -0.25) is 4.79 Å². The van der Waals surface area contributed by atoms with Gasteiger partial charge in [-0.2, -0.15) is 11.8 Å². The lowest BCUT2D eigenvalue weighted by Gasteiger charge is -2.23. The first-order chi connectivity index (χ1) is 6.43. The Hall–Kier alpha value is -0.260. The number of nitrogens with one attached hydrogen (secondary N) is 2. The molecular formula is C9H20N2O2S. The molecule has 0 fully saturated rings. The molecule has 84 valence electrons. The minimum atomic E-state index is -0.831. The Balaban J connectivity index is 3.87. The van der Waals surface area contributed by atoms with E-state index in [0.717, 1.165) is 0 Å². The van der Waals surface area contributed by atoms with E-state index in [2.05, 4.69) is 10.6 Å². The molecule has 2 unspecified atom stereocenters. The van der Waals surface area contributed by atoms with Crippen molar-refractivity contribution in [3.8, 4) is 0 Å². The monoisotopic (exact) mass is 220 g/mol. The topological polar surface area (TPSA) is 61.4 Å². The molecule has 0 aliphatic rings. The molecule has 0 aromatic carbocycles. The molecule has 5 heteroatoms. The summed E-state index contributed by atoms with van der Waals surface area (Å²) >= 11 is 1.56. The molecular weight excluding hydrogens is 200 g/mol. The zero-order valence-corrected chi connectivity index (χ0v) is 10.1. The van der Waals surface area contributed by atoms with Crippen molar-refractivity contribution in [3.63, 3.8) is 0 Å². The standard InChI is InChI=1S/C9H20N2O2S/c1-7(10-3)8(12)11-5-9(2,13)6-14-4/h7,10,13H,5-6H2,1-4H3,(H,11,12). The normalized spacial score (nSPS) is 17.2. The van der Waals surface area contributed by atoms with Gasteiger partial charge >= 0.3 is 0 Å². The highest BCUT2D eigenvalue weighted by Gasteiger charge is 2.21. The number of hydrogen-bond acceptors (Lipinski definition) is 4. The fraction of sp³-hybridized carbons (Fsp3) is 0.889. The molecule has 0 spiro atoms. The zero-order chi connectivity index (χ0) is 11.2. The zero-order valence-electron chi connectivity index (χ0n) is 9.26. The molecule has 0 aliphatic heterocycles. The van der Waals surface area contributed by atoms with Gasteiger partial charge in [-0.05, 0) is 27.2 Å². The molecule has 0 aromatic heterocycles.